The fourth-order valence-electron chi connectivity index (χ4n) is 2.27. The molecule has 1 amide bonds. The highest BCUT2D eigenvalue weighted by Crippen LogP contribution is 2.17. The van der Waals surface area contributed by atoms with Gasteiger partial charge in [-0.15, -0.1) is 0 Å². The van der Waals surface area contributed by atoms with Gasteiger partial charge in [0.2, 0.25) is 5.95 Å². The van der Waals surface area contributed by atoms with E-state index < -0.39 is 0 Å². The van der Waals surface area contributed by atoms with E-state index in [0.717, 1.165) is 11.4 Å². The summed E-state index contributed by atoms with van der Waals surface area (Å²) >= 11 is 0. The molecule has 0 bridgehead atoms. The number of benzene rings is 2. The summed E-state index contributed by atoms with van der Waals surface area (Å²) in [4.78, 5) is 20.6. The van der Waals surface area contributed by atoms with E-state index in [1.807, 2.05) is 6.92 Å². The van der Waals surface area contributed by atoms with Gasteiger partial charge in [0.15, 0.2) is 0 Å². The van der Waals surface area contributed by atoms with Crippen molar-refractivity contribution in [2.75, 3.05) is 17.2 Å². The molecule has 2 N–H and O–H groups in total. The van der Waals surface area contributed by atoms with Crippen LogP contribution >= 0.6 is 0 Å². The first-order valence-electron chi connectivity index (χ1n) is 8.31. The number of nitrogens with zero attached hydrogens (tertiary/aromatic N) is 3. The molecule has 134 valence electrons. The van der Waals surface area contributed by atoms with Gasteiger partial charge in [0.05, 0.1) is 23.8 Å². The van der Waals surface area contributed by atoms with Crippen molar-refractivity contribution >= 4 is 23.2 Å². The van der Waals surface area contributed by atoms with Crippen LogP contribution in [0.5, 0.6) is 5.75 Å². The molecule has 7 nitrogen and oxygen atoms in total. The number of hydrogen-bond donors (Lipinski definition) is 2. The van der Waals surface area contributed by atoms with Crippen LogP contribution in [-0.4, -0.2) is 22.5 Å². The Balaban J connectivity index is 1.61. The van der Waals surface area contributed by atoms with Crippen LogP contribution < -0.4 is 15.4 Å². The first-order valence-corrected chi connectivity index (χ1v) is 8.31. The summed E-state index contributed by atoms with van der Waals surface area (Å²) in [6.07, 6.45) is 2.89. The SMILES string of the molecule is CCOc1ccc(NC(=O)c2cnc(Nc3ccc(C#N)cc3)nc2)cc1. The lowest BCUT2D eigenvalue weighted by Gasteiger charge is -2.08. The van der Waals surface area contributed by atoms with Crippen molar-refractivity contribution in [3.8, 4) is 11.8 Å². The molecule has 0 spiro atoms. The topological polar surface area (TPSA) is 99.9 Å². The molecule has 3 aromatic rings. The van der Waals surface area contributed by atoms with Crippen molar-refractivity contribution in [2.24, 2.45) is 0 Å². The molecule has 0 atom stereocenters. The van der Waals surface area contributed by atoms with E-state index in [0.29, 0.717) is 29.4 Å². The van der Waals surface area contributed by atoms with E-state index in [-0.39, 0.29) is 5.91 Å². The largest absolute Gasteiger partial charge is 0.494 e. The van der Waals surface area contributed by atoms with Crippen LogP contribution in [0, 0.1) is 11.3 Å². The first-order chi connectivity index (χ1) is 13.2. The molecule has 0 aliphatic rings. The standard InChI is InChI=1S/C20H17N5O2/c1-2-27-18-9-7-16(8-10-18)24-19(26)15-12-22-20(23-13-15)25-17-5-3-14(11-21)4-6-17/h3-10,12-13H,2H2,1H3,(H,24,26)(H,22,23,25). The summed E-state index contributed by atoms with van der Waals surface area (Å²) < 4.78 is 5.37. The second kappa shape index (κ2) is 8.45. The number of rotatable bonds is 6. The van der Waals surface area contributed by atoms with E-state index in [1.54, 1.807) is 48.5 Å². The van der Waals surface area contributed by atoms with E-state index in [1.165, 1.54) is 12.4 Å². The van der Waals surface area contributed by atoms with Gasteiger partial charge in [0.25, 0.3) is 5.91 Å². The van der Waals surface area contributed by atoms with Gasteiger partial charge >= 0.3 is 0 Å². The zero-order chi connectivity index (χ0) is 19.1. The summed E-state index contributed by atoms with van der Waals surface area (Å²) in [7, 11) is 0. The van der Waals surface area contributed by atoms with Crippen molar-refractivity contribution in [3.63, 3.8) is 0 Å². The average Bonchev–Trinajstić information content (AvgIpc) is 2.71. The Bertz CT molecular complexity index is 946. The Labute approximate surface area is 156 Å². The Morgan fingerprint density at radius 1 is 1.04 bits per heavy atom. The molecule has 0 radical (unpaired) electrons. The number of anilines is 3. The first kappa shape index (κ1) is 17.9. The average molecular weight is 359 g/mol. The maximum Gasteiger partial charge on any atom is 0.258 e. The van der Waals surface area contributed by atoms with Crippen molar-refractivity contribution in [1.82, 2.24) is 9.97 Å². The fraction of sp³-hybridized carbons (Fsp3) is 0.100. The Kier molecular flexibility index (Phi) is 5.60. The van der Waals surface area contributed by atoms with Gasteiger partial charge < -0.3 is 15.4 Å². The molecule has 0 unspecified atom stereocenters. The number of amides is 1. The monoisotopic (exact) mass is 359 g/mol. The van der Waals surface area contributed by atoms with Crippen molar-refractivity contribution in [1.29, 1.82) is 5.26 Å². The Hall–Kier alpha value is -3.92. The minimum Gasteiger partial charge on any atom is -0.494 e. The lowest BCUT2D eigenvalue weighted by molar-refractivity contribution is 0.102. The third-order valence-corrected chi connectivity index (χ3v) is 3.61. The second-order valence-electron chi connectivity index (χ2n) is 5.52. The minimum atomic E-state index is -0.302. The van der Waals surface area contributed by atoms with Gasteiger partial charge in [0.1, 0.15) is 5.75 Å². The van der Waals surface area contributed by atoms with Gasteiger partial charge in [0, 0.05) is 23.8 Å². The van der Waals surface area contributed by atoms with E-state index >= 15 is 0 Å². The molecule has 3 rings (SSSR count). The highest BCUT2D eigenvalue weighted by molar-refractivity contribution is 6.03. The molecule has 0 saturated carbocycles. The predicted octanol–water partition coefficient (Wildman–Crippen LogP) is 3.74. The van der Waals surface area contributed by atoms with Gasteiger partial charge in [-0.2, -0.15) is 5.26 Å². The van der Waals surface area contributed by atoms with Crippen LogP contribution in [0.15, 0.2) is 60.9 Å². The molecular weight excluding hydrogens is 342 g/mol. The molecule has 7 heteroatoms. The third-order valence-electron chi connectivity index (χ3n) is 3.61. The number of aromatic nitrogens is 2. The van der Waals surface area contributed by atoms with Crippen LogP contribution in [0.25, 0.3) is 0 Å². The van der Waals surface area contributed by atoms with Crippen molar-refractivity contribution in [3.05, 3.63) is 72.1 Å². The van der Waals surface area contributed by atoms with Crippen LogP contribution in [0.1, 0.15) is 22.8 Å². The molecule has 0 aliphatic heterocycles. The van der Waals surface area contributed by atoms with E-state index in [4.69, 9.17) is 10.00 Å². The predicted molar refractivity (Wildman–Crippen MR) is 102 cm³/mol. The number of ether oxygens (including phenoxy) is 1. The zero-order valence-corrected chi connectivity index (χ0v) is 14.6. The fourth-order valence-corrected chi connectivity index (χ4v) is 2.27. The third kappa shape index (κ3) is 4.80. The van der Waals surface area contributed by atoms with Gasteiger partial charge in [-0.05, 0) is 55.5 Å². The minimum absolute atomic E-state index is 0.302. The molecule has 2 aromatic carbocycles. The summed E-state index contributed by atoms with van der Waals surface area (Å²) in [5.74, 6) is 0.804. The number of nitriles is 1. The van der Waals surface area contributed by atoms with Crippen LogP contribution in [-0.2, 0) is 0 Å². The number of carbonyl (C=O) groups excluding carboxylic acids is 1. The molecular formula is C20H17N5O2. The van der Waals surface area contributed by atoms with Gasteiger partial charge in [-0.3, -0.25) is 4.79 Å². The van der Waals surface area contributed by atoms with Crippen LogP contribution in [0.2, 0.25) is 0 Å². The van der Waals surface area contributed by atoms with E-state index in [9.17, 15) is 4.79 Å². The lowest BCUT2D eigenvalue weighted by Crippen LogP contribution is -2.13. The van der Waals surface area contributed by atoms with Gasteiger partial charge in [-0.1, -0.05) is 0 Å². The highest BCUT2D eigenvalue weighted by Gasteiger charge is 2.08. The summed E-state index contributed by atoms with van der Waals surface area (Å²) in [6, 6.07) is 16.1. The molecule has 1 heterocycles. The van der Waals surface area contributed by atoms with Crippen LogP contribution in [0.3, 0.4) is 0 Å². The van der Waals surface area contributed by atoms with Crippen molar-refractivity contribution < 1.29 is 9.53 Å². The quantitative estimate of drug-likeness (QED) is 0.695. The molecule has 27 heavy (non-hydrogen) atoms. The zero-order valence-electron chi connectivity index (χ0n) is 14.6. The molecule has 0 saturated heterocycles. The summed E-state index contributed by atoms with van der Waals surface area (Å²) in [6.45, 7) is 2.50. The normalized spacial score (nSPS) is 9.93. The maximum atomic E-state index is 12.3. The molecule has 0 aliphatic carbocycles. The molecule has 0 fully saturated rings. The summed E-state index contributed by atoms with van der Waals surface area (Å²) in [5, 5.41) is 14.6. The van der Waals surface area contributed by atoms with Gasteiger partial charge in [-0.25, -0.2) is 9.97 Å². The second-order valence-corrected chi connectivity index (χ2v) is 5.52. The number of nitrogens with one attached hydrogen (secondary N) is 2. The number of hydrogen-bond acceptors (Lipinski definition) is 6. The summed E-state index contributed by atoms with van der Waals surface area (Å²) in [5.41, 5.74) is 2.32. The number of carbonyl (C=O) groups is 1. The van der Waals surface area contributed by atoms with Crippen LogP contribution in [0.4, 0.5) is 17.3 Å². The van der Waals surface area contributed by atoms with E-state index in [2.05, 4.69) is 26.7 Å². The maximum absolute atomic E-state index is 12.3. The smallest absolute Gasteiger partial charge is 0.258 e. The Morgan fingerprint density at radius 3 is 2.26 bits per heavy atom. The molecule has 1 aromatic heterocycles. The lowest BCUT2D eigenvalue weighted by atomic mass is 10.2. The Morgan fingerprint density at radius 2 is 1.67 bits per heavy atom. The van der Waals surface area contributed by atoms with Crippen molar-refractivity contribution in [2.45, 2.75) is 6.92 Å². The highest BCUT2D eigenvalue weighted by atomic mass is 16.5.